The fourth-order valence-corrected chi connectivity index (χ4v) is 2.90. The van der Waals surface area contributed by atoms with E-state index in [9.17, 15) is 14.7 Å². The Morgan fingerprint density at radius 2 is 2.14 bits per heavy atom. The number of aliphatic hydroxyl groups is 1. The van der Waals surface area contributed by atoms with Crippen molar-refractivity contribution < 1.29 is 14.7 Å². The number of benzene rings is 1. The normalized spacial score (nSPS) is 21.9. The van der Waals surface area contributed by atoms with Gasteiger partial charge < -0.3 is 20.7 Å². The molecule has 2 unspecified atom stereocenters. The van der Waals surface area contributed by atoms with E-state index in [1.165, 1.54) is 4.90 Å². The quantitative estimate of drug-likeness (QED) is 0.749. The second-order valence-electron chi connectivity index (χ2n) is 5.39. The summed E-state index contributed by atoms with van der Waals surface area (Å²) in [6.07, 6.45) is 1.51. The monoisotopic (exact) mass is 287 g/mol. The van der Waals surface area contributed by atoms with Crippen LogP contribution in [0.5, 0.6) is 0 Å². The second kappa shape index (κ2) is 5.21. The van der Waals surface area contributed by atoms with E-state index >= 15 is 0 Å². The van der Waals surface area contributed by atoms with Crippen molar-refractivity contribution in [1.82, 2.24) is 9.88 Å². The van der Waals surface area contributed by atoms with E-state index in [0.717, 1.165) is 16.5 Å². The lowest BCUT2D eigenvalue weighted by molar-refractivity contribution is -0.136. The number of hydrogen-bond donors (Lipinski definition) is 3. The number of nitrogens with zero attached hydrogens (tertiary/aromatic N) is 1. The Kier molecular flexibility index (Phi) is 3.39. The van der Waals surface area contributed by atoms with Crippen molar-refractivity contribution in [2.75, 3.05) is 6.54 Å². The number of H-pyrrole nitrogens is 1. The highest BCUT2D eigenvalue weighted by Crippen LogP contribution is 2.22. The van der Waals surface area contributed by atoms with E-state index in [4.69, 9.17) is 5.73 Å². The SMILES string of the molecule is NC(=O)C1CC(O)CN1C(=O)Cc1c[nH]c2ccccc12. The summed E-state index contributed by atoms with van der Waals surface area (Å²) >= 11 is 0. The van der Waals surface area contributed by atoms with Crippen LogP contribution in [0, 0.1) is 0 Å². The Hall–Kier alpha value is -2.34. The van der Waals surface area contributed by atoms with E-state index in [2.05, 4.69) is 4.98 Å². The van der Waals surface area contributed by atoms with Gasteiger partial charge in [0.1, 0.15) is 6.04 Å². The number of rotatable bonds is 3. The van der Waals surface area contributed by atoms with Crippen LogP contribution in [0.2, 0.25) is 0 Å². The number of likely N-dealkylation sites (tertiary alicyclic amines) is 1. The maximum atomic E-state index is 12.4. The van der Waals surface area contributed by atoms with Crippen LogP contribution in [0.1, 0.15) is 12.0 Å². The van der Waals surface area contributed by atoms with Gasteiger partial charge in [-0.15, -0.1) is 0 Å². The van der Waals surface area contributed by atoms with Crippen molar-refractivity contribution in [3.05, 3.63) is 36.0 Å². The third-order valence-corrected chi connectivity index (χ3v) is 3.94. The number of nitrogens with one attached hydrogen (secondary N) is 1. The summed E-state index contributed by atoms with van der Waals surface area (Å²) in [4.78, 5) is 28.3. The summed E-state index contributed by atoms with van der Waals surface area (Å²) in [6.45, 7) is 0.162. The lowest BCUT2D eigenvalue weighted by Crippen LogP contribution is -2.44. The molecule has 1 aromatic carbocycles. The van der Waals surface area contributed by atoms with E-state index in [-0.39, 0.29) is 25.3 Å². The number of β-amino-alcohol motifs (C(OH)–C–C–N with tert-alkyl or cyclic N) is 1. The van der Waals surface area contributed by atoms with Gasteiger partial charge in [0.2, 0.25) is 11.8 Å². The first kappa shape index (κ1) is 13.6. The summed E-state index contributed by atoms with van der Waals surface area (Å²) in [6, 6.07) is 7.01. The number of amides is 2. The predicted octanol–water partition coefficient (Wildman–Crippen LogP) is 0.158. The summed E-state index contributed by atoms with van der Waals surface area (Å²) in [7, 11) is 0. The Morgan fingerprint density at radius 1 is 1.38 bits per heavy atom. The predicted molar refractivity (Wildman–Crippen MR) is 77.3 cm³/mol. The number of aliphatic hydroxyl groups excluding tert-OH is 1. The molecule has 21 heavy (non-hydrogen) atoms. The van der Waals surface area contributed by atoms with Gasteiger partial charge in [-0.05, 0) is 11.6 Å². The summed E-state index contributed by atoms with van der Waals surface area (Å²) in [5.41, 5.74) is 7.14. The molecule has 1 aliphatic rings. The van der Waals surface area contributed by atoms with Crippen molar-refractivity contribution in [1.29, 1.82) is 0 Å². The van der Waals surface area contributed by atoms with E-state index < -0.39 is 18.1 Å². The molecule has 0 spiro atoms. The first-order valence-electron chi connectivity index (χ1n) is 6.88. The number of hydrogen-bond acceptors (Lipinski definition) is 3. The average molecular weight is 287 g/mol. The fourth-order valence-electron chi connectivity index (χ4n) is 2.90. The van der Waals surface area contributed by atoms with Crippen molar-refractivity contribution >= 4 is 22.7 Å². The van der Waals surface area contributed by atoms with E-state index in [1.54, 1.807) is 6.20 Å². The Bertz CT molecular complexity index is 694. The molecule has 1 aliphatic heterocycles. The first-order valence-corrected chi connectivity index (χ1v) is 6.88. The molecule has 1 fully saturated rings. The number of carbonyl (C=O) groups excluding carboxylic acids is 2. The smallest absolute Gasteiger partial charge is 0.240 e. The molecular formula is C15H17N3O3. The maximum Gasteiger partial charge on any atom is 0.240 e. The van der Waals surface area contributed by atoms with Crippen LogP contribution in [0.15, 0.2) is 30.5 Å². The van der Waals surface area contributed by atoms with Gasteiger partial charge in [0.25, 0.3) is 0 Å². The number of carbonyl (C=O) groups is 2. The lowest BCUT2D eigenvalue weighted by atomic mass is 10.1. The topological polar surface area (TPSA) is 99.4 Å². The Balaban J connectivity index is 1.81. The molecule has 0 radical (unpaired) electrons. The number of nitrogens with two attached hydrogens (primary N) is 1. The number of aromatic nitrogens is 1. The molecule has 3 rings (SSSR count). The zero-order valence-electron chi connectivity index (χ0n) is 11.5. The molecule has 6 heteroatoms. The Labute approximate surface area is 121 Å². The highest BCUT2D eigenvalue weighted by molar-refractivity contribution is 5.92. The van der Waals surface area contributed by atoms with Crippen LogP contribution < -0.4 is 5.73 Å². The fraction of sp³-hybridized carbons (Fsp3) is 0.333. The van der Waals surface area contributed by atoms with Gasteiger partial charge in [0.15, 0.2) is 0 Å². The third-order valence-electron chi connectivity index (χ3n) is 3.94. The summed E-state index contributed by atoms with van der Waals surface area (Å²) in [5.74, 6) is -0.765. The van der Waals surface area contributed by atoms with Crippen LogP contribution in [0.4, 0.5) is 0 Å². The minimum atomic E-state index is -0.710. The van der Waals surface area contributed by atoms with Crippen LogP contribution >= 0.6 is 0 Å². The van der Waals surface area contributed by atoms with Crippen molar-refractivity contribution in [2.45, 2.75) is 25.0 Å². The molecule has 2 atom stereocenters. The minimum absolute atomic E-state index is 0.162. The van der Waals surface area contributed by atoms with Crippen molar-refractivity contribution in [3.63, 3.8) is 0 Å². The highest BCUT2D eigenvalue weighted by atomic mass is 16.3. The van der Waals surface area contributed by atoms with Crippen LogP contribution in [0.25, 0.3) is 10.9 Å². The molecule has 1 saturated heterocycles. The van der Waals surface area contributed by atoms with Crippen molar-refractivity contribution in [3.8, 4) is 0 Å². The zero-order chi connectivity index (χ0) is 15.0. The summed E-state index contributed by atoms with van der Waals surface area (Å²) in [5, 5.41) is 10.6. The van der Waals surface area contributed by atoms with Gasteiger partial charge in [-0.2, -0.15) is 0 Å². The van der Waals surface area contributed by atoms with Crippen LogP contribution in [-0.4, -0.2) is 45.5 Å². The van der Waals surface area contributed by atoms with Gasteiger partial charge in [-0.25, -0.2) is 0 Å². The molecule has 0 bridgehead atoms. The molecule has 2 amide bonds. The molecule has 0 saturated carbocycles. The zero-order valence-corrected chi connectivity index (χ0v) is 11.5. The van der Waals surface area contributed by atoms with Crippen LogP contribution in [0.3, 0.4) is 0 Å². The minimum Gasteiger partial charge on any atom is -0.391 e. The lowest BCUT2D eigenvalue weighted by Gasteiger charge is -2.21. The molecule has 6 nitrogen and oxygen atoms in total. The van der Waals surface area contributed by atoms with E-state index in [0.29, 0.717) is 0 Å². The molecule has 110 valence electrons. The largest absolute Gasteiger partial charge is 0.391 e. The maximum absolute atomic E-state index is 12.4. The average Bonchev–Trinajstić information content (AvgIpc) is 3.03. The standard InChI is InChI=1S/C15H17N3O3/c16-15(21)13-6-10(19)8-18(13)14(20)5-9-7-17-12-4-2-1-3-11(9)12/h1-4,7,10,13,17,19H,5-6,8H2,(H2,16,21). The summed E-state index contributed by atoms with van der Waals surface area (Å²) < 4.78 is 0. The van der Waals surface area contributed by atoms with Gasteiger partial charge in [-0.1, -0.05) is 18.2 Å². The van der Waals surface area contributed by atoms with Crippen LogP contribution in [-0.2, 0) is 16.0 Å². The van der Waals surface area contributed by atoms with Gasteiger partial charge in [0, 0.05) is 30.1 Å². The molecule has 2 heterocycles. The van der Waals surface area contributed by atoms with Gasteiger partial charge >= 0.3 is 0 Å². The second-order valence-corrected chi connectivity index (χ2v) is 5.39. The highest BCUT2D eigenvalue weighted by Gasteiger charge is 2.37. The molecule has 4 N–H and O–H groups in total. The third kappa shape index (κ3) is 2.50. The molecular weight excluding hydrogens is 270 g/mol. The molecule has 1 aromatic heterocycles. The molecule has 2 aromatic rings. The molecule has 0 aliphatic carbocycles. The van der Waals surface area contributed by atoms with Gasteiger partial charge in [0.05, 0.1) is 12.5 Å². The Morgan fingerprint density at radius 3 is 2.90 bits per heavy atom. The number of aromatic amines is 1. The number of fused-ring (bicyclic) bond motifs is 1. The first-order chi connectivity index (χ1) is 10.1. The number of para-hydroxylation sites is 1. The van der Waals surface area contributed by atoms with E-state index in [1.807, 2.05) is 24.3 Å². The van der Waals surface area contributed by atoms with Gasteiger partial charge in [-0.3, -0.25) is 9.59 Å². The van der Waals surface area contributed by atoms with Crippen molar-refractivity contribution in [2.24, 2.45) is 5.73 Å². The number of primary amides is 1.